The maximum absolute atomic E-state index is 12.9. The third kappa shape index (κ3) is 3.50. The van der Waals surface area contributed by atoms with Crippen LogP contribution in [0.25, 0.3) is 22.3 Å². The van der Waals surface area contributed by atoms with Gasteiger partial charge >= 0.3 is 0 Å². The van der Waals surface area contributed by atoms with Crippen LogP contribution in [0.5, 0.6) is 5.75 Å². The van der Waals surface area contributed by atoms with E-state index in [0.717, 1.165) is 10.9 Å². The fraction of sp³-hybridized carbons (Fsp3) is 0.150. The molecule has 28 heavy (non-hydrogen) atoms. The molecule has 142 valence electrons. The molecule has 0 amide bonds. The fourth-order valence-electron chi connectivity index (χ4n) is 2.99. The summed E-state index contributed by atoms with van der Waals surface area (Å²) in [5, 5.41) is 8.76. The number of nitrogens with zero attached hydrogens (tertiary/aromatic N) is 2. The number of thioether (sulfide) groups is 1. The highest BCUT2D eigenvalue weighted by molar-refractivity contribution is 8.00. The highest BCUT2D eigenvalue weighted by Gasteiger charge is 2.22. The average Bonchev–Trinajstić information content (AvgIpc) is 3.34. The largest absolute Gasteiger partial charge is 0.496 e. The van der Waals surface area contributed by atoms with Gasteiger partial charge in [0.2, 0.25) is 5.16 Å². The molecule has 0 fully saturated rings. The summed E-state index contributed by atoms with van der Waals surface area (Å²) in [4.78, 5) is 20.5. The second kappa shape index (κ2) is 7.69. The second-order valence-corrected chi connectivity index (χ2v) is 7.93. The number of hydrogen-bond acceptors (Lipinski definition) is 5. The zero-order chi connectivity index (χ0) is 19.7. The van der Waals surface area contributed by atoms with Crippen LogP contribution >= 0.6 is 23.4 Å². The summed E-state index contributed by atoms with van der Waals surface area (Å²) >= 11 is 7.39. The monoisotopic (exact) mass is 412 g/mol. The van der Waals surface area contributed by atoms with E-state index < -0.39 is 0 Å². The Kier molecular flexibility index (Phi) is 5.11. The molecule has 0 spiro atoms. The van der Waals surface area contributed by atoms with Crippen molar-refractivity contribution in [2.45, 2.75) is 17.3 Å². The molecule has 6 nitrogen and oxygen atoms in total. The van der Waals surface area contributed by atoms with E-state index in [4.69, 9.17) is 16.3 Å². The molecular formula is C20H17ClN4O2S. The SMILES string of the molecule is COc1ccc(Cl)cc1-c1nc(S[C@H](C)C(=O)c2c[nH]c3ccccc23)n[nH]1. The lowest BCUT2D eigenvalue weighted by molar-refractivity contribution is 0.0995. The maximum atomic E-state index is 12.9. The zero-order valence-corrected chi connectivity index (χ0v) is 16.8. The topological polar surface area (TPSA) is 83.7 Å². The lowest BCUT2D eigenvalue weighted by Crippen LogP contribution is -2.13. The zero-order valence-electron chi connectivity index (χ0n) is 15.2. The van der Waals surface area contributed by atoms with E-state index in [1.54, 1.807) is 31.5 Å². The van der Waals surface area contributed by atoms with Crippen LogP contribution in [0.15, 0.2) is 53.8 Å². The van der Waals surface area contributed by atoms with Gasteiger partial charge in [-0.25, -0.2) is 4.98 Å². The van der Waals surface area contributed by atoms with E-state index in [0.29, 0.717) is 32.9 Å². The van der Waals surface area contributed by atoms with Crippen LogP contribution < -0.4 is 4.74 Å². The molecule has 0 aliphatic rings. The summed E-state index contributed by atoms with van der Waals surface area (Å²) in [6.45, 7) is 1.85. The van der Waals surface area contributed by atoms with Crippen molar-refractivity contribution < 1.29 is 9.53 Å². The van der Waals surface area contributed by atoms with Crippen molar-refractivity contribution in [2.75, 3.05) is 7.11 Å². The van der Waals surface area contributed by atoms with Gasteiger partial charge in [0.25, 0.3) is 0 Å². The molecule has 2 aromatic carbocycles. The molecular weight excluding hydrogens is 396 g/mol. The van der Waals surface area contributed by atoms with E-state index in [1.165, 1.54) is 11.8 Å². The molecule has 4 aromatic rings. The van der Waals surface area contributed by atoms with Crippen molar-refractivity contribution in [1.82, 2.24) is 20.2 Å². The van der Waals surface area contributed by atoms with Gasteiger partial charge in [0, 0.05) is 27.7 Å². The number of ether oxygens (including phenoxy) is 1. The number of hydrogen-bond donors (Lipinski definition) is 2. The van der Waals surface area contributed by atoms with E-state index in [2.05, 4.69) is 20.2 Å². The standard InChI is InChI=1S/C20H17ClN4O2S/c1-11(18(26)15-10-22-16-6-4-3-5-13(15)16)28-20-23-19(24-25-20)14-9-12(21)7-8-17(14)27-2/h3-11,22H,1-2H3,(H,23,24,25)/t11-/m1/s1. The molecule has 4 rings (SSSR count). The van der Waals surface area contributed by atoms with Crippen molar-refractivity contribution >= 4 is 40.0 Å². The van der Waals surface area contributed by atoms with E-state index in [-0.39, 0.29) is 11.0 Å². The first-order chi connectivity index (χ1) is 13.6. The second-order valence-electron chi connectivity index (χ2n) is 6.18. The predicted octanol–water partition coefficient (Wildman–Crippen LogP) is 4.98. The minimum atomic E-state index is -0.343. The van der Waals surface area contributed by atoms with Gasteiger partial charge in [-0.15, -0.1) is 5.10 Å². The van der Waals surface area contributed by atoms with Gasteiger partial charge in [0.1, 0.15) is 5.75 Å². The summed E-state index contributed by atoms with van der Waals surface area (Å²) in [6.07, 6.45) is 1.75. The summed E-state index contributed by atoms with van der Waals surface area (Å²) in [5.41, 5.74) is 2.32. The van der Waals surface area contributed by atoms with Gasteiger partial charge in [-0.05, 0) is 31.2 Å². The first-order valence-corrected chi connectivity index (χ1v) is 9.86. The number of halogens is 1. The smallest absolute Gasteiger partial charge is 0.209 e. The normalized spacial score (nSPS) is 12.2. The first kappa shape index (κ1) is 18.6. The summed E-state index contributed by atoms with van der Waals surface area (Å²) in [6, 6.07) is 13.0. The van der Waals surface area contributed by atoms with Gasteiger partial charge in [-0.2, -0.15) is 0 Å². The molecule has 2 heterocycles. The van der Waals surface area contributed by atoms with E-state index >= 15 is 0 Å². The highest BCUT2D eigenvalue weighted by Crippen LogP contribution is 2.32. The molecule has 0 aliphatic heterocycles. The average molecular weight is 413 g/mol. The summed E-state index contributed by atoms with van der Waals surface area (Å²) < 4.78 is 5.36. The van der Waals surface area contributed by atoms with Crippen LogP contribution in [0, 0.1) is 0 Å². The number of aromatic amines is 2. The Bertz CT molecular complexity index is 1150. The molecule has 0 saturated carbocycles. The number of aromatic nitrogens is 4. The van der Waals surface area contributed by atoms with Crippen LogP contribution in [0.4, 0.5) is 0 Å². The number of Topliss-reactive ketones (excluding diaryl/α,β-unsaturated/α-hetero) is 1. The molecule has 0 saturated heterocycles. The van der Waals surface area contributed by atoms with Crippen molar-refractivity contribution in [1.29, 1.82) is 0 Å². The van der Waals surface area contributed by atoms with Crippen LogP contribution in [-0.4, -0.2) is 38.3 Å². The van der Waals surface area contributed by atoms with Crippen molar-refractivity contribution in [3.63, 3.8) is 0 Å². The molecule has 0 aliphatic carbocycles. The van der Waals surface area contributed by atoms with Crippen LogP contribution in [0.2, 0.25) is 5.02 Å². The molecule has 0 radical (unpaired) electrons. The van der Waals surface area contributed by atoms with Crippen molar-refractivity contribution in [3.8, 4) is 17.1 Å². The van der Waals surface area contributed by atoms with Gasteiger partial charge in [0.05, 0.1) is 17.9 Å². The van der Waals surface area contributed by atoms with Gasteiger partial charge in [-0.1, -0.05) is 41.6 Å². The predicted molar refractivity (Wildman–Crippen MR) is 111 cm³/mol. The van der Waals surface area contributed by atoms with Gasteiger partial charge in [-0.3, -0.25) is 9.89 Å². The molecule has 0 unspecified atom stereocenters. The number of para-hydroxylation sites is 1. The third-order valence-corrected chi connectivity index (χ3v) is 5.58. The lowest BCUT2D eigenvalue weighted by Gasteiger charge is -2.07. The minimum absolute atomic E-state index is 0.0223. The third-order valence-electron chi connectivity index (χ3n) is 4.39. The van der Waals surface area contributed by atoms with Gasteiger partial charge < -0.3 is 9.72 Å². The minimum Gasteiger partial charge on any atom is -0.496 e. The summed E-state index contributed by atoms with van der Waals surface area (Å²) in [7, 11) is 1.58. The van der Waals surface area contributed by atoms with Crippen molar-refractivity contribution in [2.24, 2.45) is 0 Å². The number of rotatable bonds is 6. The fourth-order valence-corrected chi connectivity index (χ4v) is 3.96. The number of methoxy groups -OCH3 is 1. The van der Waals surface area contributed by atoms with Crippen LogP contribution in [0.1, 0.15) is 17.3 Å². The van der Waals surface area contributed by atoms with E-state index in [1.807, 2.05) is 31.2 Å². The number of nitrogens with one attached hydrogen (secondary N) is 2. The maximum Gasteiger partial charge on any atom is 0.209 e. The highest BCUT2D eigenvalue weighted by atomic mass is 35.5. The van der Waals surface area contributed by atoms with Gasteiger partial charge in [0.15, 0.2) is 11.6 Å². The molecule has 2 aromatic heterocycles. The Morgan fingerprint density at radius 2 is 2.07 bits per heavy atom. The first-order valence-electron chi connectivity index (χ1n) is 8.60. The number of ketones is 1. The molecule has 1 atom stereocenters. The quantitative estimate of drug-likeness (QED) is 0.344. The number of benzene rings is 2. The Morgan fingerprint density at radius 3 is 2.89 bits per heavy atom. The summed E-state index contributed by atoms with van der Waals surface area (Å²) in [5.74, 6) is 1.20. The number of carbonyl (C=O) groups is 1. The van der Waals surface area contributed by atoms with E-state index in [9.17, 15) is 4.79 Å². The number of H-pyrrole nitrogens is 2. The Labute approximate surface area is 170 Å². The number of carbonyl (C=O) groups excluding carboxylic acids is 1. The van der Waals surface area contributed by atoms with Crippen LogP contribution in [-0.2, 0) is 0 Å². The lowest BCUT2D eigenvalue weighted by atomic mass is 10.1. The Morgan fingerprint density at radius 1 is 1.25 bits per heavy atom. The molecule has 8 heteroatoms. The molecule has 2 N–H and O–H groups in total. The Hall–Kier alpha value is -2.77. The Balaban J connectivity index is 1.55. The van der Waals surface area contributed by atoms with Crippen molar-refractivity contribution in [3.05, 3.63) is 59.2 Å². The molecule has 0 bridgehead atoms. The van der Waals surface area contributed by atoms with Crippen LogP contribution in [0.3, 0.4) is 0 Å². The number of fused-ring (bicyclic) bond motifs is 1.